The van der Waals surface area contributed by atoms with Crippen molar-refractivity contribution in [1.29, 1.82) is 0 Å². The fraction of sp³-hybridized carbons (Fsp3) is 0.190. The van der Waals surface area contributed by atoms with Crippen LogP contribution in [0.2, 0.25) is 15.1 Å². The second-order valence-electron chi connectivity index (χ2n) is 7.12. The van der Waals surface area contributed by atoms with E-state index in [-0.39, 0.29) is 5.76 Å². The van der Waals surface area contributed by atoms with Crippen molar-refractivity contribution >= 4 is 62.5 Å². The topological polar surface area (TPSA) is 77.9 Å². The maximum atomic E-state index is 12.7. The van der Waals surface area contributed by atoms with Gasteiger partial charge in [0.1, 0.15) is 5.76 Å². The molecule has 32 heavy (non-hydrogen) atoms. The largest absolute Gasteiger partial charge is 0.454 e. The van der Waals surface area contributed by atoms with Crippen LogP contribution in [0.15, 0.2) is 45.4 Å². The molecule has 0 spiro atoms. The molecule has 0 bridgehead atoms. The molecule has 4 rings (SSSR count). The number of halogens is 4. The second kappa shape index (κ2) is 9.31. The van der Waals surface area contributed by atoms with E-state index >= 15 is 0 Å². The number of benzene rings is 1. The number of aryl methyl sites for hydroxylation is 1. The maximum absolute atomic E-state index is 12.7. The van der Waals surface area contributed by atoms with Gasteiger partial charge in [0.15, 0.2) is 11.6 Å². The molecule has 0 saturated carbocycles. The molecule has 7 nitrogen and oxygen atoms in total. The van der Waals surface area contributed by atoms with Crippen molar-refractivity contribution in [1.82, 2.24) is 19.6 Å². The highest BCUT2D eigenvalue weighted by molar-refractivity contribution is 9.10. The first-order valence-corrected chi connectivity index (χ1v) is 11.4. The lowest BCUT2D eigenvalue weighted by Crippen LogP contribution is -2.12. The smallest absolute Gasteiger partial charge is 0.292 e. The maximum Gasteiger partial charge on any atom is 0.292 e. The van der Waals surface area contributed by atoms with Gasteiger partial charge in [-0.15, -0.1) is 0 Å². The summed E-state index contributed by atoms with van der Waals surface area (Å²) in [6.45, 7) is 4.50. The number of amides is 1. The number of anilines is 1. The average molecular weight is 558 g/mol. The van der Waals surface area contributed by atoms with Gasteiger partial charge in [-0.3, -0.25) is 14.2 Å². The van der Waals surface area contributed by atoms with Gasteiger partial charge in [-0.25, -0.2) is 0 Å². The summed E-state index contributed by atoms with van der Waals surface area (Å²) in [5, 5.41) is 13.3. The van der Waals surface area contributed by atoms with Crippen molar-refractivity contribution in [3.63, 3.8) is 0 Å². The molecule has 1 N–H and O–H groups in total. The summed E-state index contributed by atoms with van der Waals surface area (Å²) in [6, 6.07) is 8.61. The van der Waals surface area contributed by atoms with Crippen molar-refractivity contribution in [3.05, 3.63) is 84.5 Å². The van der Waals surface area contributed by atoms with Crippen LogP contribution in [0.3, 0.4) is 0 Å². The summed E-state index contributed by atoms with van der Waals surface area (Å²) in [7, 11) is 0. The zero-order valence-electron chi connectivity index (χ0n) is 17.0. The fourth-order valence-electron chi connectivity index (χ4n) is 3.12. The minimum Gasteiger partial charge on any atom is -0.454 e. The Bertz CT molecular complexity index is 1310. The highest BCUT2D eigenvalue weighted by atomic mass is 79.9. The molecule has 166 valence electrons. The summed E-state index contributed by atoms with van der Waals surface area (Å²) in [5.41, 5.74) is 2.43. The zero-order chi connectivity index (χ0) is 23.0. The first kappa shape index (κ1) is 22.9. The fourth-order valence-corrected chi connectivity index (χ4v) is 4.14. The zero-order valence-corrected chi connectivity index (χ0v) is 20.8. The predicted molar refractivity (Wildman–Crippen MR) is 128 cm³/mol. The number of furan rings is 1. The van der Waals surface area contributed by atoms with Gasteiger partial charge in [0.25, 0.3) is 5.91 Å². The Kier molecular flexibility index (Phi) is 6.67. The molecule has 0 aliphatic heterocycles. The van der Waals surface area contributed by atoms with E-state index in [1.165, 1.54) is 0 Å². The first-order chi connectivity index (χ1) is 15.2. The highest BCUT2D eigenvalue weighted by Gasteiger charge is 2.17. The minimum atomic E-state index is -0.418. The van der Waals surface area contributed by atoms with Crippen LogP contribution in [0.25, 0.3) is 0 Å². The van der Waals surface area contributed by atoms with E-state index in [1.807, 2.05) is 19.9 Å². The molecule has 1 aromatic carbocycles. The number of hydrogen-bond donors (Lipinski definition) is 1. The van der Waals surface area contributed by atoms with E-state index < -0.39 is 5.91 Å². The Hall–Kier alpha value is -2.26. The number of nitrogens with one attached hydrogen (secondary N) is 1. The SMILES string of the molecule is Cc1nn(Cc2ccc(C(=O)Nc3nn(Cc4ccc(Cl)cc4Cl)cc3Br)o2)c(C)c1Cl. The lowest BCUT2D eigenvalue weighted by Gasteiger charge is -2.05. The van der Waals surface area contributed by atoms with Crippen LogP contribution in [0.1, 0.15) is 33.3 Å². The Labute approximate surface area is 207 Å². The van der Waals surface area contributed by atoms with Crippen LogP contribution in [0.4, 0.5) is 5.82 Å². The molecule has 3 heterocycles. The van der Waals surface area contributed by atoms with E-state index in [0.717, 1.165) is 17.0 Å². The van der Waals surface area contributed by atoms with Crippen molar-refractivity contribution in [2.75, 3.05) is 5.32 Å². The summed E-state index contributed by atoms with van der Waals surface area (Å²) in [6.07, 6.45) is 1.75. The third-order valence-corrected chi connectivity index (χ3v) is 6.49. The second-order valence-corrected chi connectivity index (χ2v) is 9.20. The number of hydrogen-bond acceptors (Lipinski definition) is 4. The van der Waals surface area contributed by atoms with Gasteiger partial charge in [-0.05, 0) is 59.6 Å². The van der Waals surface area contributed by atoms with E-state index in [1.54, 1.807) is 39.8 Å². The number of carbonyl (C=O) groups excluding carboxylic acids is 1. The van der Waals surface area contributed by atoms with Crippen LogP contribution in [-0.4, -0.2) is 25.5 Å². The normalized spacial score (nSPS) is 11.2. The minimum absolute atomic E-state index is 0.162. The van der Waals surface area contributed by atoms with Gasteiger partial charge < -0.3 is 9.73 Å². The Morgan fingerprint density at radius 2 is 1.91 bits per heavy atom. The van der Waals surface area contributed by atoms with Crippen LogP contribution < -0.4 is 5.32 Å². The van der Waals surface area contributed by atoms with Gasteiger partial charge >= 0.3 is 0 Å². The molecule has 0 atom stereocenters. The summed E-state index contributed by atoms with van der Waals surface area (Å²) >= 11 is 21.8. The molecular weight excluding hydrogens is 541 g/mol. The number of nitrogens with zero attached hydrogens (tertiary/aromatic N) is 4. The van der Waals surface area contributed by atoms with Crippen molar-refractivity contribution < 1.29 is 9.21 Å². The Balaban J connectivity index is 1.44. The van der Waals surface area contributed by atoms with Crippen LogP contribution in [0, 0.1) is 13.8 Å². The van der Waals surface area contributed by atoms with E-state index in [4.69, 9.17) is 39.2 Å². The van der Waals surface area contributed by atoms with Crippen molar-refractivity contribution in [3.8, 4) is 0 Å². The third-order valence-electron chi connectivity index (χ3n) is 4.78. The van der Waals surface area contributed by atoms with Gasteiger partial charge in [0, 0.05) is 16.2 Å². The molecule has 1 amide bonds. The number of rotatable bonds is 6. The molecule has 0 aliphatic rings. The number of carbonyl (C=O) groups is 1. The summed E-state index contributed by atoms with van der Waals surface area (Å²) in [5.74, 6) is 0.690. The lowest BCUT2D eigenvalue weighted by atomic mass is 10.2. The molecular formula is C21H17BrCl3N5O2. The molecule has 0 radical (unpaired) electrons. The molecule has 4 aromatic rings. The molecule has 0 aliphatic carbocycles. The van der Waals surface area contributed by atoms with E-state index in [9.17, 15) is 4.79 Å². The Morgan fingerprint density at radius 3 is 2.59 bits per heavy atom. The van der Waals surface area contributed by atoms with E-state index in [0.29, 0.717) is 44.2 Å². The molecule has 11 heteroatoms. The van der Waals surface area contributed by atoms with Gasteiger partial charge in [-0.2, -0.15) is 10.2 Å². The molecule has 0 fully saturated rings. The van der Waals surface area contributed by atoms with E-state index in [2.05, 4.69) is 31.4 Å². The van der Waals surface area contributed by atoms with Crippen molar-refractivity contribution in [2.45, 2.75) is 26.9 Å². The quantitative estimate of drug-likeness (QED) is 0.299. The van der Waals surface area contributed by atoms with Gasteiger partial charge in [0.2, 0.25) is 0 Å². The van der Waals surface area contributed by atoms with Crippen LogP contribution in [-0.2, 0) is 13.1 Å². The van der Waals surface area contributed by atoms with Gasteiger partial charge in [-0.1, -0.05) is 40.9 Å². The number of aromatic nitrogens is 4. The monoisotopic (exact) mass is 555 g/mol. The van der Waals surface area contributed by atoms with Crippen LogP contribution >= 0.6 is 50.7 Å². The summed E-state index contributed by atoms with van der Waals surface area (Å²) < 4.78 is 9.72. The lowest BCUT2D eigenvalue weighted by molar-refractivity contribution is 0.0994. The highest BCUT2D eigenvalue weighted by Crippen LogP contribution is 2.25. The predicted octanol–water partition coefficient (Wildman–Crippen LogP) is 6.36. The van der Waals surface area contributed by atoms with Gasteiger partial charge in [0.05, 0.1) is 34.0 Å². The van der Waals surface area contributed by atoms with Crippen LogP contribution in [0.5, 0.6) is 0 Å². The molecule has 3 aromatic heterocycles. The standard InChI is InChI=1S/C21H17BrCl3N5O2/c1-11-19(25)12(2)30(27-11)9-15-5-6-18(32-15)21(31)26-20-16(22)10-29(28-20)8-13-3-4-14(23)7-17(13)24/h3-7,10H,8-9H2,1-2H3,(H,26,28,31). The first-order valence-electron chi connectivity index (χ1n) is 9.47. The van der Waals surface area contributed by atoms with Crippen molar-refractivity contribution in [2.24, 2.45) is 0 Å². The summed E-state index contributed by atoms with van der Waals surface area (Å²) in [4.78, 5) is 12.7. The molecule has 0 unspecified atom stereocenters. The third kappa shape index (κ3) is 4.88. The Morgan fingerprint density at radius 1 is 1.12 bits per heavy atom. The molecule has 0 saturated heterocycles. The average Bonchev–Trinajstić information content (AvgIpc) is 3.40.